The van der Waals surface area contributed by atoms with Gasteiger partial charge < -0.3 is 24.6 Å². The summed E-state index contributed by atoms with van der Waals surface area (Å²) < 4.78 is 16.8. The topological polar surface area (TPSA) is 77.0 Å². The summed E-state index contributed by atoms with van der Waals surface area (Å²) in [5, 5.41) is 11.8. The molecule has 138 valence electrons. The SMILES string of the molecule is CCO[C@H]1OC(C(=O)NC)=C[C@@H](c2ccc(OC)cc2)[C@H]1CCCO. The Morgan fingerprint density at radius 1 is 1.32 bits per heavy atom. The van der Waals surface area contributed by atoms with Crippen LogP contribution in [0.2, 0.25) is 0 Å². The van der Waals surface area contributed by atoms with E-state index >= 15 is 0 Å². The number of hydrogen-bond donors (Lipinski definition) is 2. The molecule has 1 aliphatic rings. The van der Waals surface area contributed by atoms with E-state index < -0.39 is 6.29 Å². The highest BCUT2D eigenvalue weighted by molar-refractivity contribution is 5.91. The Hall–Kier alpha value is -2.05. The molecule has 3 atom stereocenters. The molecule has 2 N–H and O–H groups in total. The number of aliphatic hydroxyl groups excluding tert-OH is 1. The van der Waals surface area contributed by atoms with Crippen LogP contribution in [0.4, 0.5) is 0 Å². The van der Waals surface area contributed by atoms with Crippen molar-refractivity contribution in [1.29, 1.82) is 0 Å². The zero-order valence-electron chi connectivity index (χ0n) is 15.0. The van der Waals surface area contributed by atoms with Crippen LogP contribution in [0.15, 0.2) is 36.1 Å². The third-order valence-corrected chi connectivity index (χ3v) is 4.36. The number of likely N-dealkylation sites (N-methyl/N-ethyl adjacent to an activating group) is 1. The predicted octanol–water partition coefficient (Wildman–Crippen LogP) is 2.19. The molecule has 1 aliphatic heterocycles. The maximum atomic E-state index is 12.1. The largest absolute Gasteiger partial charge is 0.497 e. The van der Waals surface area contributed by atoms with E-state index in [1.807, 2.05) is 37.3 Å². The van der Waals surface area contributed by atoms with Gasteiger partial charge >= 0.3 is 0 Å². The fourth-order valence-electron chi connectivity index (χ4n) is 3.09. The van der Waals surface area contributed by atoms with E-state index in [0.717, 1.165) is 17.7 Å². The number of methoxy groups -OCH3 is 1. The Kier molecular flexibility index (Phi) is 7.28. The number of hydrogen-bond acceptors (Lipinski definition) is 5. The molecule has 0 bridgehead atoms. The molecule has 1 heterocycles. The molecule has 0 radical (unpaired) electrons. The molecule has 6 heteroatoms. The molecule has 0 saturated carbocycles. The van der Waals surface area contributed by atoms with Gasteiger partial charge in [0.15, 0.2) is 5.76 Å². The van der Waals surface area contributed by atoms with Gasteiger partial charge in [0.1, 0.15) is 5.75 Å². The lowest BCUT2D eigenvalue weighted by Gasteiger charge is -2.37. The highest BCUT2D eigenvalue weighted by Gasteiger charge is 2.37. The molecule has 0 fully saturated rings. The number of benzene rings is 1. The van der Waals surface area contributed by atoms with Gasteiger partial charge in [0.25, 0.3) is 5.91 Å². The Morgan fingerprint density at radius 2 is 2.04 bits per heavy atom. The van der Waals surface area contributed by atoms with E-state index in [1.54, 1.807) is 14.2 Å². The maximum Gasteiger partial charge on any atom is 0.285 e. The van der Waals surface area contributed by atoms with Crippen LogP contribution in [-0.4, -0.2) is 44.7 Å². The normalized spacial score (nSPS) is 22.7. The average Bonchev–Trinajstić information content (AvgIpc) is 2.66. The van der Waals surface area contributed by atoms with Gasteiger partial charge in [-0.15, -0.1) is 0 Å². The van der Waals surface area contributed by atoms with Gasteiger partial charge in [-0.2, -0.15) is 0 Å². The van der Waals surface area contributed by atoms with Crippen molar-refractivity contribution in [3.05, 3.63) is 41.7 Å². The summed E-state index contributed by atoms with van der Waals surface area (Å²) in [4.78, 5) is 12.1. The fraction of sp³-hybridized carbons (Fsp3) is 0.526. The fourth-order valence-corrected chi connectivity index (χ4v) is 3.09. The number of nitrogens with one attached hydrogen (secondary N) is 1. The van der Waals surface area contributed by atoms with Crippen molar-refractivity contribution in [1.82, 2.24) is 5.32 Å². The van der Waals surface area contributed by atoms with E-state index in [-0.39, 0.29) is 30.1 Å². The van der Waals surface area contributed by atoms with Crippen molar-refractivity contribution >= 4 is 5.91 Å². The highest BCUT2D eigenvalue weighted by atomic mass is 16.7. The minimum atomic E-state index is -0.527. The summed E-state index contributed by atoms with van der Waals surface area (Å²) in [6.07, 6.45) is 2.70. The predicted molar refractivity (Wildman–Crippen MR) is 94.2 cm³/mol. The van der Waals surface area contributed by atoms with Crippen LogP contribution in [0.5, 0.6) is 5.75 Å². The monoisotopic (exact) mass is 349 g/mol. The second kappa shape index (κ2) is 9.44. The van der Waals surface area contributed by atoms with Gasteiger partial charge in [0.05, 0.1) is 7.11 Å². The Labute approximate surface area is 148 Å². The van der Waals surface area contributed by atoms with Crippen LogP contribution in [0.1, 0.15) is 31.2 Å². The Morgan fingerprint density at radius 3 is 2.60 bits per heavy atom. The van der Waals surface area contributed by atoms with Crippen molar-refractivity contribution in [2.75, 3.05) is 27.4 Å². The summed E-state index contributed by atoms with van der Waals surface area (Å²) in [6, 6.07) is 7.78. The molecule has 6 nitrogen and oxygen atoms in total. The minimum absolute atomic E-state index is 0.00824. The quantitative estimate of drug-likeness (QED) is 0.752. The summed E-state index contributed by atoms with van der Waals surface area (Å²) in [5.74, 6) is 0.731. The summed E-state index contributed by atoms with van der Waals surface area (Å²) >= 11 is 0. The molecule has 0 aliphatic carbocycles. The van der Waals surface area contributed by atoms with Crippen LogP contribution >= 0.6 is 0 Å². The third-order valence-electron chi connectivity index (χ3n) is 4.36. The van der Waals surface area contributed by atoms with Gasteiger partial charge in [0.2, 0.25) is 6.29 Å². The van der Waals surface area contributed by atoms with Crippen molar-refractivity contribution < 1.29 is 24.1 Å². The second-order valence-corrected chi connectivity index (χ2v) is 5.88. The molecule has 0 saturated heterocycles. The molecule has 1 aromatic rings. The summed E-state index contributed by atoms with van der Waals surface area (Å²) in [6.45, 7) is 2.49. The number of carbonyl (C=O) groups is 1. The number of aliphatic hydroxyl groups is 1. The zero-order valence-corrected chi connectivity index (χ0v) is 15.0. The number of amides is 1. The lowest BCUT2D eigenvalue weighted by Crippen LogP contribution is -2.38. The van der Waals surface area contributed by atoms with Crippen molar-refractivity contribution in [2.24, 2.45) is 5.92 Å². The number of ether oxygens (including phenoxy) is 3. The minimum Gasteiger partial charge on any atom is -0.497 e. The molecular formula is C19H27NO5. The first-order valence-electron chi connectivity index (χ1n) is 8.61. The van der Waals surface area contributed by atoms with Crippen LogP contribution in [0.3, 0.4) is 0 Å². The molecule has 1 aromatic carbocycles. The smallest absolute Gasteiger partial charge is 0.285 e. The maximum absolute atomic E-state index is 12.1. The van der Waals surface area contributed by atoms with Crippen molar-refractivity contribution in [2.45, 2.75) is 32.0 Å². The summed E-state index contributed by atoms with van der Waals surface area (Å²) in [5.41, 5.74) is 1.05. The highest BCUT2D eigenvalue weighted by Crippen LogP contribution is 2.39. The van der Waals surface area contributed by atoms with E-state index in [4.69, 9.17) is 14.2 Å². The second-order valence-electron chi connectivity index (χ2n) is 5.88. The summed E-state index contributed by atoms with van der Waals surface area (Å²) in [7, 11) is 3.20. The Bertz CT molecular complexity index is 584. The van der Waals surface area contributed by atoms with Crippen LogP contribution in [-0.2, 0) is 14.3 Å². The number of allylic oxidation sites excluding steroid dienone is 1. The first kappa shape index (κ1) is 19.3. The molecule has 25 heavy (non-hydrogen) atoms. The molecule has 0 aromatic heterocycles. The van der Waals surface area contributed by atoms with Crippen molar-refractivity contribution in [3.8, 4) is 5.75 Å². The van der Waals surface area contributed by atoms with Gasteiger partial charge in [-0.05, 0) is 43.5 Å². The van der Waals surface area contributed by atoms with E-state index in [2.05, 4.69) is 5.32 Å². The van der Waals surface area contributed by atoms with E-state index in [0.29, 0.717) is 13.0 Å². The van der Waals surface area contributed by atoms with Crippen LogP contribution < -0.4 is 10.1 Å². The lowest BCUT2D eigenvalue weighted by molar-refractivity contribution is -0.166. The first-order chi connectivity index (χ1) is 12.1. The van der Waals surface area contributed by atoms with Crippen molar-refractivity contribution in [3.63, 3.8) is 0 Å². The third kappa shape index (κ3) is 4.74. The van der Waals surface area contributed by atoms with E-state index in [1.165, 1.54) is 0 Å². The van der Waals surface area contributed by atoms with Gasteiger partial charge in [-0.25, -0.2) is 0 Å². The molecule has 0 unspecified atom stereocenters. The van der Waals surface area contributed by atoms with Gasteiger partial charge in [-0.1, -0.05) is 12.1 Å². The van der Waals surface area contributed by atoms with Gasteiger partial charge in [-0.3, -0.25) is 4.79 Å². The zero-order chi connectivity index (χ0) is 18.2. The standard InChI is InChI=1S/C19H27NO5/c1-4-24-19-15(6-5-11-21)16(12-17(25-19)18(22)20-2)13-7-9-14(23-3)10-8-13/h7-10,12,15-16,19,21H,4-6,11H2,1-3H3,(H,20,22)/t15-,16+,19+/m1/s1. The lowest BCUT2D eigenvalue weighted by atomic mass is 9.80. The first-order valence-corrected chi connectivity index (χ1v) is 8.61. The molecular weight excluding hydrogens is 322 g/mol. The molecule has 2 rings (SSSR count). The average molecular weight is 349 g/mol. The number of carbonyl (C=O) groups excluding carboxylic acids is 1. The van der Waals surface area contributed by atoms with E-state index in [9.17, 15) is 9.90 Å². The number of rotatable bonds is 8. The van der Waals surface area contributed by atoms with Crippen LogP contribution in [0.25, 0.3) is 0 Å². The molecule has 1 amide bonds. The van der Waals surface area contributed by atoms with Gasteiger partial charge in [0, 0.05) is 32.1 Å². The Balaban J connectivity index is 2.39. The van der Waals surface area contributed by atoms with Crippen LogP contribution in [0, 0.1) is 5.92 Å². The molecule has 0 spiro atoms.